The molecule has 64 valence electrons. The maximum atomic E-state index is 11.3. The van der Waals surface area contributed by atoms with Gasteiger partial charge in [-0.1, -0.05) is 6.92 Å². The lowest BCUT2D eigenvalue weighted by molar-refractivity contribution is -0.128. The first-order valence-corrected chi connectivity index (χ1v) is 4.27. The van der Waals surface area contributed by atoms with Gasteiger partial charge in [0.05, 0.1) is 6.61 Å². The third-order valence-electron chi connectivity index (χ3n) is 2.53. The van der Waals surface area contributed by atoms with Gasteiger partial charge in [-0.2, -0.15) is 0 Å². The molecule has 11 heavy (non-hydrogen) atoms. The number of ether oxygens (including phenoxy) is 1. The topological polar surface area (TPSA) is 26.3 Å². The van der Waals surface area contributed by atoms with E-state index in [-0.39, 0.29) is 5.92 Å². The van der Waals surface area contributed by atoms with Crippen molar-refractivity contribution in [2.24, 2.45) is 11.8 Å². The SMILES string of the molecule is COCC1C(=O)CCCC1C. The second-order valence-electron chi connectivity index (χ2n) is 3.40. The second-order valence-corrected chi connectivity index (χ2v) is 3.40. The average Bonchev–Trinajstić information content (AvgIpc) is 1.97. The lowest BCUT2D eigenvalue weighted by atomic mass is 9.80. The Kier molecular flexibility index (Phi) is 3.06. The Labute approximate surface area is 67.9 Å². The highest BCUT2D eigenvalue weighted by molar-refractivity contribution is 5.82. The van der Waals surface area contributed by atoms with E-state index in [1.807, 2.05) is 0 Å². The van der Waals surface area contributed by atoms with Crippen LogP contribution in [0.25, 0.3) is 0 Å². The van der Waals surface area contributed by atoms with Crippen molar-refractivity contribution in [2.75, 3.05) is 13.7 Å². The van der Waals surface area contributed by atoms with Crippen LogP contribution in [0.4, 0.5) is 0 Å². The first-order valence-electron chi connectivity index (χ1n) is 4.27. The normalized spacial score (nSPS) is 32.4. The fraction of sp³-hybridized carbons (Fsp3) is 0.889. The van der Waals surface area contributed by atoms with E-state index in [1.54, 1.807) is 7.11 Å². The molecule has 2 unspecified atom stereocenters. The molecule has 1 aliphatic rings. The predicted molar refractivity (Wildman–Crippen MR) is 43.4 cm³/mol. The van der Waals surface area contributed by atoms with Crippen LogP contribution in [0.2, 0.25) is 0 Å². The molecular formula is C9H16O2. The lowest BCUT2D eigenvalue weighted by Gasteiger charge is -2.26. The monoisotopic (exact) mass is 156 g/mol. The molecule has 0 amide bonds. The minimum atomic E-state index is 0.175. The highest BCUT2D eigenvalue weighted by Crippen LogP contribution is 2.26. The molecule has 1 rings (SSSR count). The number of carbonyl (C=O) groups excluding carboxylic acids is 1. The van der Waals surface area contributed by atoms with Crippen molar-refractivity contribution < 1.29 is 9.53 Å². The predicted octanol–water partition coefficient (Wildman–Crippen LogP) is 1.64. The van der Waals surface area contributed by atoms with Gasteiger partial charge in [0.1, 0.15) is 5.78 Å². The van der Waals surface area contributed by atoms with Crippen LogP contribution >= 0.6 is 0 Å². The van der Waals surface area contributed by atoms with Crippen LogP contribution in [0.15, 0.2) is 0 Å². The number of Topliss-reactive ketones (excluding diaryl/α,β-unsaturated/α-hetero) is 1. The van der Waals surface area contributed by atoms with E-state index in [0.29, 0.717) is 18.3 Å². The molecule has 0 radical (unpaired) electrons. The summed E-state index contributed by atoms with van der Waals surface area (Å²) in [6, 6.07) is 0. The Morgan fingerprint density at radius 2 is 2.36 bits per heavy atom. The Balaban J connectivity index is 2.48. The molecule has 0 aromatic carbocycles. The molecule has 1 aliphatic carbocycles. The standard InChI is InChI=1S/C9H16O2/c1-7-4-3-5-9(10)8(7)6-11-2/h7-8H,3-6H2,1-2H3. The minimum Gasteiger partial charge on any atom is -0.384 e. The average molecular weight is 156 g/mol. The highest BCUT2D eigenvalue weighted by atomic mass is 16.5. The van der Waals surface area contributed by atoms with Crippen molar-refractivity contribution in [2.45, 2.75) is 26.2 Å². The minimum absolute atomic E-state index is 0.175. The summed E-state index contributed by atoms with van der Waals surface area (Å²) in [5.74, 6) is 1.09. The van der Waals surface area contributed by atoms with Gasteiger partial charge in [-0.05, 0) is 18.8 Å². The summed E-state index contributed by atoms with van der Waals surface area (Å²) < 4.78 is 5.00. The molecule has 0 aromatic heterocycles. The quantitative estimate of drug-likeness (QED) is 0.607. The van der Waals surface area contributed by atoms with Crippen molar-refractivity contribution in [1.29, 1.82) is 0 Å². The van der Waals surface area contributed by atoms with E-state index in [4.69, 9.17) is 4.74 Å². The molecule has 1 saturated carbocycles. The summed E-state index contributed by atoms with van der Waals surface area (Å²) in [6.45, 7) is 2.75. The first kappa shape index (κ1) is 8.72. The molecule has 0 saturated heterocycles. The van der Waals surface area contributed by atoms with Gasteiger partial charge in [0.25, 0.3) is 0 Å². The van der Waals surface area contributed by atoms with E-state index in [2.05, 4.69) is 6.92 Å². The fourth-order valence-corrected chi connectivity index (χ4v) is 1.74. The summed E-state index contributed by atoms with van der Waals surface area (Å²) >= 11 is 0. The van der Waals surface area contributed by atoms with Crippen molar-refractivity contribution in [3.05, 3.63) is 0 Å². The molecule has 0 spiro atoms. The fourth-order valence-electron chi connectivity index (χ4n) is 1.74. The van der Waals surface area contributed by atoms with Gasteiger partial charge in [-0.3, -0.25) is 4.79 Å². The van der Waals surface area contributed by atoms with E-state index >= 15 is 0 Å². The zero-order valence-corrected chi connectivity index (χ0v) is 7.30. The zero-order chi connectivity index (χ0) is 8.27. The van der Waals surface area contributed by atoms with Gasteiger partial charge in [0.15, 0.2) is 0 Å². The van der Waals surface area contributed by atoms with E-state index in [0.717, 1.165) is 12.8 Å². The first-order chi connectivity index (χ1) is 5.25. The molecule has 0 N–H and O–H groups in total. The van der Waals surface area contributed by atoms with Crippen molar-refractivity contribution >= 4 is 5.78 Å². The molecule has 2 heteroatoms. The van der Waals surface area contributed by atoms with E-state index < -0.39 is 0 Å². The third kappa shape index (κ3) is 2.03. The molecule has 1 fully saturated rings. The molecule has 2 nitrogen and oxygen atoms in total. The van der Waals surface area contributed by atoms with Crippen LogP contribution in [0, 0.1) is 11.8 Å². The van der Waals surface area contributed by atoms with Crippen molar-refractivity contribution in [1.82, 2.24) is 0 Å². The third-order valence-corrected chi connectivity index (χ3v) is 2.53. The Morgan fingerprint density at radius 3 is 2.91 bits per heavy atom. The van der Waals surface area contributed by atoms with Crippen LogP contribution in [0.1, 0.15) is 26.2 Å². The van der Waals surface area contributed by atoms with Gasteiger partial charge < -0.3 is 4.74 Å². The zero-order valence-electron chi connectivity index (χ0n) is 7.30. The second kappa shape index (κ2) is 3.86. The summed E-state index contributed by atoms with van der Waals surface area (Å²) in [4.78, 5) is 11.3. The highest BCUT2D eigenvalue weighted by Gasteiger charge is 2.28. The smallest absolute Gasteiger partial charge is 0.138 e. The largest absolute Gasteiger partial charge is 0.384 e. The van der Waals surface area contributed by atoms with Crippen molar-refractivity contribution in [3.8, 4) is 0 Å². The number of rotatable bonds is 2. The lowest BCUT2D eigenvalue weighted by Crippen LogP contribution is -2.30. The van der Waals surface area contributed by atoms with Crippen LogP contribution in [-0.2, 0) is 9.53 Å². The summed E-state index contributed by atoms with van der Waals surface area (Å²) in [6.07, 6.45) is 3.01. The maximum absolute atomic E-state index is 11.3. The van der Waals surface area contributed by atoms with Gasteiger partial charge in [0.2, 0.25) is 0 Å². The Morgan fingerprint density at radius 1 is 1.64 bits per heavy atom. The van der Waals surface area contributed by atoms with Gasteiger partial charge in [0, 0.05) is 19.4 Å². The van der Waals surface area contributed by atoms with Crippen LogP contribution in [0.3, 0.4) is 0 Å². The maximum Gasteiger partial charge on any atom is 0.138 e. The molecule has 0 bridgehead atoms. The summed E-state index contributed by atoms with van der Waals surface area (Å²) in [5.41, 5.74) is 0. The number of hydrogen-bond donors (Lipinski definition) is 0. The Hall–Kier alpha value is -0.370. The molecule has 2 atom stereocenters. The van der Waals surface area contributed by atoms with Crippen LogP contribution < -0.4 is 0 Å². The number of methoxy groups -OCH3 is 1. The van der Waals surface area contributed by atoms with E-state index in [9.17, 15) is 4.79 Å². The van der Waals surface area contributed by atoms with E-state index in [1.165, 1.54) is 6.42 Å². The molecule has 0 heterocycles. The van der Waals surface area contributed by atoms with Gasteiger partial charge in [-0.15, -0.1) is 0 Å². The number of ketones is 1. The van der Waals surface area contributed by atoms with Gasteiger partial charge in [-0.25, -0.2) is 0 Å². The van der Waals surface area contributed by atoms with Gasteiger partial charge >= 0.3 is 0 Å². The summed E-state index contributed by atoms with van der Waals surface area (Å²) in [5, 5.41) is 0. The molecule has 0 aliphatic heterocycles. The summed E-state index contributed by atoms with van der Waals surface area (Å²) in [7, 11) is 1.66. The molecule has 0 aromatic rings. The van der Waals surface area contributed by atoms with Crippen LogP contribution in [-0.4, -0.2) is 19.5 Å². The van der Waals surface area contributed by atoms with Crippen molar-refractivity contribution in [3.63, 3.8) is 0 Å². The molecular weight excluding hydrogens is 140 g/mol. The number of hydrogen-bond acceptors (Lipinski definition) is 2. The number of carbonyl (C=O) groups is 1. The van der Waals surface area contributed by atoms with Crippen LogP contribution in [0.5, 0.6) is 0 Å². The Bertz CT molecular complexity index is 142.